The number of fused-ring (bicyclic) bond motifs is 2. The van der Waals surface area contributed by atoms with Crippen LogP contribution in [0.5, 0.6) is 0 Å². The summed E-state index contributed by atoms with van der Waals surface area (Å²) in [5, 5.41) is 2.83. The Morgan fingerprint density at radius 1 is 1.11 bits per heavy atom. The minimum atomic E-state index is -2.45. The lowest BCUT2D eigenvalue weighted by molar-refractivity contribution is -0.112. The monoisotopic (exact) mass is 628 g/mol. The number of allylic oxidation sites excluding steroid dienone is 3. The summed E-state index contributed by atoms with van der Waals surface area (Å²) in [4.78, 5) is 36.1. The molecule has 2 rings (SSSR count). The summed E-state index contributed by atoms with van der Waals surface area (Å²) in [6.45, 7) is 18.4. The number of anilines is 1. The van der Waals surface area contributed by atoms with Crippen LogP contribution in [0.15, 0.2) is 53.6 Å². The van der Waals surface area contributed by atoms with Crippen molar-refractivity contribution in [2.75, 3.05) is 19.5 Å². The van der Waals surface area contributed by atoms with Crippen LogP contribution in [0.1, 0.15) is 66.0 Å². The van der Waals surface area contributed by atoms with Gasteiger partial charge in [-0.3, -0.25) is 4.79 Å². The van der Waals surface area contributed by atoms with Crippen molar-refractivity contribution in [3.05, 3.63) is 64.8 Å². The molecule has 0 saturated heterocycles. The average molecular weight is 629 g/mol. The van der Waals surface area contributed by atoms with Crippen LogP contribution in [0.2, 0.25) is 18.1 Å². The maximum atomic E-state index is 13.3. The third-order valence-electron chi connectivity index (χ3n) is 9.34. The van der Waals surface area contributed by atoms with Crippen molar-refractivity contribution >= 4 is 26.0 Å². The highest BCUT2D eigenvalue weighted by Crippen LogP contribution is 2.39. The first-order chi connectivity index (χ1) is 20.4. The van der Waals surface area contributed by atoms with E-state index >= 15 is 0 Å². The summed E-state index contributed by atoms with van der Waals surface area (Å²) in [7, 11) is 0.845. The van der Waals surface area contributed by atoms with Gasteiger partial charge in [0.25, 0.3) is 5.91 Å². The SMILES string of the molecule is CO[C@H]1/C=C/C=C(\C)C(=O)Nc2cc(cc(CC(C)(C)[Si](C)(C)O)c2)C[C@@H](C)C[C@H](OC)[C@H](C)[C@@H](C)/C=C(\C)[C@@H]1OC(N)=O. The number of nitrogens with one attached hydrogen (secondary N) is 1. The van der Waals surface area contributed by atoms with Gasteiger partial charge in [-0.25, -0.2) is 4.79 Å². The fourth-order valence-electron chi connectivity index (χ4n) is 5.65. The van der Waals surface area contributed by atoms with E-state index < -0.39 is 26.6 Å². The van der Waals surface area contributed by atoms with Crippen molar-refractivity contribution in [3.8, 4) is 0 Å². The van der Waals surface area contributed by atoms with Gasteiger partial charge in [0.2, 0.25) is 0 Å². The molecule has 1 aliphatic rings. The smallest absolute Gasteiger partial charge is 0.405 e. The predicted octanol–water partition coefficient (Wildman–Crippen LogP) is 6.94. The van der Waals surface area contributed by atoms with Gasteiger partial charge in [-0.15, -0.1) is 0 Å². The number of benzene rings is 1. The minimum absolute atomic E-state index is 0.00547. The van der Waals surface area contributed by atoms with E-state index in [4.69, 9.17) is 19.9 Å². The van der Waals surface area contributed by atoms with Crippen LogP contribution < -0.4 is 11.1 Å². The van der Waals surface area contributed by atoms with Gasteiger partial charge in [0.1, 0.15) is 6.10 Å². The van der Waals surface area contributed by atoms with Crippen molar-refractivity contribution in [2.24, 2.45) is 23.5 Å². The Kier molecular flexibility index (Phi) is 13.6. The van der Waals surface area contributed by atoms with Gasteiger partial charge in [-0.05, 0) is 97.8 Å². The van der Waals surface area contributed by atoms with Gasteiger partial charge in [-0.1, -0.05) is 65.0 Å². The second-order valence-electron chi connectivity index (χ2n) is 13.9. The lowest BCUT2D eigenvalue weighted by Gasteiger charge is -2.35. The van der Waals surface area contributed by atoms with Gasteiger partial charge in [-0.2, -0.15) is 0 Å². The average Bonchev–Trinajstić information content (AvgIpc) is 2.90. The second kappa shape index (κ2) is 16.0. The zero-order valence-corrected chi connectivity index (χ0v) is 29.7. The molecule has 0 saturated carbocycles. The fourth-order valence-corrected chi connectivity index (χ4v) is 6.29. The summed E-state index contributed by atoms with van der Waals surface area (Å²) in [5.41, 5.74) is 9.72. The lowest BCUT2D eigenvalue weighted by Crippen LogP contribution is -2.40. The van der Waals surface area contributed by atoms with E-state index in [9.17, 15) is 14.4 Å². The molecule has 1 aliphatic heterocycles. The number of primary amides is 1. The Bertz CT molecular complexity index is 1230. The maximum absolute atomic E-state index is 13.3. The van der Waals surface area contributed by atoms with Crippen LogP contribution in [0.4, 0.5) is 10.5 Å². The lowest BCUT2D eigenvalue weighted by atomic mass is 9.83. The van der Waals surface area contributed by atoms with E-state index in [0.717, 1.165) is 35.2 Å². The molecule has 6 atom stereocenters. The molecule has 0 aliphatic carbocycles. The van der Waals surface area contributed by atoms with Gasteiger partial charge in [0.15, 0.2) is 14.4 Å². The summed E-state index contributed by atoms with van der Waals surface area (Å²) >= 11 is 0. The van der Waals surface area contributed by atoms with Gasteiger partial charge >= 0.3 is 6.09 Å². The number of carbonyl (C=O) groups excluding carboxylic acids is 2. The number of carbonyl (C=O) groups is 2. The van der Waals surface area contributed by atoms with E-state index in [1.165, 1.54) is 0 Å². The minimum Gasteiger partial charge on any atom is -0.439 e. The number of hydrogen-bond acceptors (Lipinski definition) is 6. The van der Waals surface area contributed by atoms with Crippen molar-refractivity contribution in [3.63, 3.8) is 0 Å². The van der Waals surface area contributed by atoms with Gasteiger partial charge in [0, 0.05) is 25.5 Å². The largest absolute Gasteiger partial charge is 0.439 e. The third kappa shape index (κ3) is 10.7. The third-order valence-corrected chi connectivity index (χ3v) is 12.8. The van der Waals surface area contributed by atoms with Crippen molar-refractivity contribution in [1.29, 1.82) is 0 Å². The number of methoxy groups -OCH3 is 2. The van der Waals surface area contributed by atoms with E-state index in [1.807, 2.05) is 26.1 Å². The van der Waals surface area contributed by atoms with Crippen LogP contribution in [-0.2, 0) is 31.8 Å². The van der Waals surface area contributed by atoms with Gasteiger partial charge in [0.05, 0.1) is 6.10 Å². The Balaban J connectivity index is 2.62. The Hall–Kier alpha value is -2.72. The number of amides is 2. The quantitative estimate of drug-likeness (QED) is 0.232. The molecule has 4 N–H and O–H groups in total. The van der Waals surface area contributed by atoms with E-state index in [1.54, 1.807) is 39.4 Å². The molecule has 0 unspecified atom stereocenters. The molecule has 0 aromatic heterocycles. The summed E-state index contributed by atoms with van der Waals surface area (Å²) in [5.74, 6) is 0.361. The summed E-state index contributed by atoms with van der Waals surface area (Å²) in [6, 6.07) is 6.28. The molecule has 44 heavy (non-hydrogen) atoms. The number of hydrogen-bond donors (Lipinski definition) is 3. The Morgan fingerprint density at radius 3 is 2.34 bits per heavy atom. The number of nitrogens with two attached hydrogens (primary N) is 1. The molecule has 8 nitrogen and oxygen atoms in total. The molecule has 9 heteroatoms. The van der Waals surface area contributed by atoms with E-state index in [0.29, 0.717) is 17.9 Å². The van der Waals surface area contributed by atoms with Crippen LogP contribution in [0.25, 0.3) is 0 Å². The van der Waals surface area contributed by atoms with Crippen molar-refractivity contribution in [1.82, 2.24) is 0 Å². The van der Waals surface area contributed by atoms with Crippen LogP contribution in [-0.4, -0.2) is 57.6 Å². The zero-order chi connectivity index (χ0) is 33.4. The highest BCUT2D eigenvalue weighted by atomic mass is 28.4. The predicted molar refractivity (Wildman–Crippen MR) is 181 cm³/mol. The van der Waals surface area contributed by atoms with Crippen LogP contribution in [0.3, 0.4) is 0 Å². The summed E-state index contributed by atoms with van der Waals surface area (Å²) in [6.07, 6.45) is 7.42. The summed E-state index contributed by atoms with van der Waals surface area (Å²) < 4.78 is 17.2. The first-order valence-electron chi connectivity index (χ1n) is 15.6. The maximum Gasteiger partial charge on any atom is 0.405 e. The van der Waals surface area contributed by atoms with Crippen molar-refractivity contribution < 1.29 is 28.6 Å². The van der Waals surface area contributed by atoms with Crippen LogP contribution >= 0.6 is 0 Å². The molecular formula is C35H56N2O6Si. The Labute approximate surface area is 266 Å². The normalized spacial score (nSPS) is 29.5. The van der Waals surface area contributed by atoms with E-state index in [-0.39, 0.29) is 28.9 Å². The van der Waals surface area contributed by atoms with E-state index in [2.05, 4.69) is 58.1 Å². The van der Waals surface area contributed by atoms with Crippen LogP contribution in [0, 0.1) is 17.8 Å². The topological polar surface area (TPSA) is 120 Å². The van der Waals surface area contributed by atoms with Gasteiger partial charge < -0.3 is 30.1 Å². The fraction of sp³-hybridized carbons (Fsp3) is 0.600. The highest BCUT2D eigenvalue weighted by Gasteiger charge is 2.38. The zero-order valence-electron chi connectivity index (χ0n) is 28.7. The standard InChI is InChI=1S/C35H56N2O6Si/c1-22-15-27-18-28(21-35(6,7)44(10,11)40)20-29(19-27)37-33(38)23(2)13-12-14-30(41-8)32(43-34(36)39)25(4)17-24(3)26(5)31(16-22)42-9/h12-14,17-20,22,24,26,30-32,40H,15-16,21H2,1-11H3,(H2,36,39)(H,37,38)/b14-12+,23-13+,25-17+/t22-,24+,26-,30+,31+,32+/m1/s1. The molecule has 0 fully saturated rings. The highest BCUT2D eigenvalue weighted by molar-refractivity contribution is 6.72. The molecule has 246 valence electrons. The van der Waals surface area contributed by atoms with Crippen molar-refractivity contribution in [2.45, 2.75) is 104 Å². The number of ether oxygens (including phenoxy) is 3. The molecule has 2 bridgehead atoms. The molecule has 0 spiro atoms. The number of rotatable bonds is 6. The first-order valence-corrected chi connectivity index (χ1v) is 18.5. The molecule has 1 aromatic carbocycles. The molecule has 0 radical (unpaired) electrons. The molecule has 1 aromatic rings. The molecule has 1 heterocycles. The second-order valence-corrected chi connectivity index (χ2v) is 18.3. The Morgan fingerprint density at radius 2 is 1.77 bits per heavy atom. The first kappa shape index (κ1) is 37.5. The molecular weight excluding hydrogens is 572 g/mol. The molecule has 2 amide bonds.